The van der Waals surface area contributed by atoms with Crippen molar-refractivity contribution in [3.05, 3.63) is 60.2 Å². The van der Waals surface area contributed by atoms with Gasteiger partial charge in [-0.3, -0.25) is 0 Å². The number of esters is 1. The van der Waals surface area contributed by atoms with Gasteiger partial charge < -0.3 is 14.8 Å². The molecule has 0 saturated heterocycles. The summed E-state index contributed by atoms with van der Waals surface area (Å²) in [5.74, 6) is -0.748. The largest absolute Gasteiger partial charge is 0.507 e. The highest BCUT2D eigenvalue weighted by molar-refractivity contribution is 5.84. The van der Waals surface area contributed by atoms with Crippen LogP contribution in [0.3, 0.4) is 0 Å². The average Bonchev–Trinajstić information content (AvgIpc) is 2.97. The number of aromatic nitrogens is 2. The Labute approximate surface area is 133 Å². The van der Waals surface area contributed by atoms with Gasteiger partial charge in [-0.1, -0.05) is 30.4 Å². The minimum absolute atomic E-state index is 0.0635. The standard InChI is InChI=1S/C17H15N3O3/c1-2-3-4-9-16(22)23-11-15(21)12(10-18)17-19-13-7-5-6-8-14(13)20-17/h2-9,21H,11H2,1H3,(H,19,20)/b3-2?,9-4?,15-12-. The Morgan fingerprint density at radius 1 is 1.43 bits per heavy atom. The fourth-order valence-corrected chi connectivity index (χ4v) is 1.83. The smallest absolute Gasteiger partial charge is 0.331 e. The fraction of sp³-hybridized carbons (Fsp3) is 0.118. The molecule has 0 aliphatic carbocycles. The van der Waals surface area contributed by atoms with Crippen LogP contribution in [0.15, 0.2) is 54.3 Å². The van der Waals surface area contributed by atoms with Gasteiger partial charge in [0.25, 0.3) is 0 Å². The Balaban J connectivity index is 2.16. The van der Waals surface area contributed by atoms with Gasteiger partial charge in [-0.25, -0.2) is 9.78 Å². The molecule has 0 bridgehead atoms. The van der Waals surface area contributed by atoms with Crippen molar-refractivity contribution in [1.29, 1.82) is 5.26 Å². The molecule has 0 spiro atoms. The molecule has 6 nitrogen and oxygen atoms in total. The summed E-state index contributed by atoms with van der Waals surface area (Å²) >= 11 is 0. The van der Waals surface area contributed by atoms with Crippen LogP contribution in [0.2, 0.25) is 0 Å². The quantitative estimate of drug-likeness (QED) is 0.291. The van der Waals surface area contributed by atoms with Crippen molar-refractivity contribution in [2.24, 2.45) is 0 Å². The molecule has 1 heterocycles. The van der Waals surface area contributed by atoms with Crippen LogP contribution in [0.5, 0.6) is 0 Å². The van der Waals surface area contributed by atoms with Crippen LogP contribution in [0.1, 0.15) is 12.7 Å². The summed E-state index contributed by atoms with van der Waals surface area (Å²) in [6, 6.07) is 9.12. The molecule has 0 atom stereocenters. The predicted molar refractivity (Wildman–Crippen MR) is 86.2 cm³/mol. The number of benzene rings is 1. The van der Waals surface area contributed by atoms with Crippen LogP contribution in [-0.2, 0) is 9.53 Å². The first-order chi connectivity index (χ1) is 11.2. The second-order valence-corrected chi connectivity index (χ2v) is 4.53. The first kappa shape index (κ1) is 16.0. The lowest BCUT2D eigenvalue weighted by atomic mass is 10.2. The number of imidazole rings is 1. The number of nitrogens with one attached hydrogen (secondary N) is 1. The van der Waals surface area contributed by atoms with E-state index in [0.717, 1.165) is 5.52 Å². The molecule has 2 aromatic rings. The van der Waals surface area contributed by atoms with E-state index in [-0.39, 0.29) is 17.2 Å². The maximum atomic E-state index is 11.4. The Hall–Kier alpha value is -3.33. The Morgan fingerprint density at radius 2 is 2.22 bits per heavy atom. The minimum Gasteiger partial charge on any atom is -0.507 e. The summed E-state index contributed by atoms with van der Waals surface area (Å²) in [5, 5.41) is 19.2. The number of rotatable bonds is 5. The molecule has 6 heteroatoms. The minimum atomic E-state index is -0.614. The second kappa shape index (κ2) is 7.61. The molecular weight excluding hydrogens is 294 g/mol. The third kappa shape index (κ3) is 4.08. The highest BCUT2D eigenvalue weighted by Gasteiger charge is 2.14. The molecule has 23 heavy (non-hydrogen) atoms. The van der Waals surface area contributed by atoms with E-state index in [9.17, 15) is 15.2 Å². The number of ether oxygens (including phenoxy) is 1. The van der Waals surface area contributed by atoms with Gasteiger partial charge in [0.15, 0.2) is 11.6 Å². The maximum Gasteiger partial charge on any atom is 0.331 e. The molecule has 0 aliphatic rings. The molecule has 1 aromatic carbocycles. The number of nitriles is 1. The van der Waals surface area contributed by atoms with Crippen molar-refractivity contribution in [1.82, 2.24) is 9.97 Å². The second-order valence-electron chi connectivity index (χ2n) is 4.53. The van der Waals surface area contributed by atoms with Crippen LogP contribution in [-0.4, -0.2) is 27.7 Å². The Kier molecular flexibility index (Phi) is 5.31. The van der Waals surface area contributed by atoms with Gasteiger partial charge in [0.1, 0.15) is 18.2 Å². The zero-order chi connectivity index (χ0) is 16.7. The third-order valence-corrected chi connectivity index (χ3v) is 2.91. The number of carbonyl (C=O) groups excluding carboxylic acids is 1. The van der Waals surface area contributed by atoms with Crippen LogP contribution in [0.4, 0.5) is 0 Å². The number of H-pyrrole nitrogens is 1. The molecule has 1 aromatic heterocycles. The van der Waals surface area contributed by atoms with Gasteiger partial charge in [-0.05, 0) is 19.1 Å². The van der Waals surface area contributed by atoms with E-state index in [2.05, 4.69) is 9.97 Å². The highest BCUT2D eigenvalue weighted by atomic mass is 16.5. The van der Waals surface area contributed by atoms with Gasteiger partial charge >= 0.3 is 5.97 Å². The fourth-order valence-electron chi connectivity index (χ4n) is 1.83. The topological polar surface area (TPSA) is 99.0 Å². The zero-order valence-corrected chi connectivity index (χ0v) is 12.5. The van der Waals surface area contributed by atoms with E-state index in [1.54, 1.807) is 18.2 Å². The van der Waals surface area contributed by atoms with Crippen LogP contribution in [0, 0.1) is 11.3 Å². The van der Waals surface area contributed by atoms with Crippen molar-refractivity contribution >= 4 is 22.6 Å². The van der Waals surface area contributed by atoms with Crippen LogP contribution < -0.4 is 0 Å². The number of hydrogen-bond donors (Lipinski definition) is 2. The number of allylic oxidation sites excluding steroid dienone is 4. The van der Waals surface area contributed by atoms with E-state index in [4.69, 9.17) is 4.74 Å². The number of aromatic amines is 1. The van der Waals surface area contributed by atoms with Crippen molar-refractivity contribution < 1.29 is 14.6 Å². The number of aliphatic hydroxyl groups is 1. The number of hydrogen-bond acceptors (Lipinski definition) is 5. The van der Waals surface area contributed by atoms with Crippen LogP contribution >= 0.6 is 0 Å². The molecule has 2 N–H and O–H groups in total. The summed E-state index contributed by atoms with van der Waals surface area (Å²) in [7, 11) is 0. The highest BCUT2D eigenvalue weighted by Crippen LogP contribution is 2.18. The monoisotopic (exact) mass is 309 g/mol. The Morgan fingerprint density at radius 3 is 2.91 bits per heavy atom. The predicted octanol–water partition coefficient (Wildman–Crippen LogP) is 3.03. The molecule has 0 aliphatic heterocycles. The normalized spacial score (nSPS) is 12.5. The van der Waals surface area contributed by atoms with Gasteiger partial charge in [-0.2, -0.15) is 5.26 Å². The average molecular weight is 309 g/mol. The van der Waals surface area contributed by atoms with Crippen LogP contribution in [0.25, 0.3) is 16.6 Å². The van der Waals surface area contributed by atoms with E-state index in [1.165, 1.54) is 12.2 Å². The first-order valence-electron chi connectivity index (χ1n) is 6.89. The number of fused-ring (bicyclic) bond motifs is 1. The van der Waals surface area contributed by atoms with Crippen molar-refractivity contribution in [3.8, 4) is 6.07 Å². The summed E-state index contributed by atoms with van der Waals surface area (Å²) in [6.45, 7) is 1.41. The zero-order valence-electron chi connectivity index (χ0n) is 12.5. The van der Waals surface area contributed by atoms with E-state index in [1.807, 2.05) is 31.2 Å². The summed E-state index contributed by atoms with van der Waals surface area (Å²) < 4.78 is 4.87. The summed E-state index contributed by atoms with van der Waals surface area (Å²) in [4.78, 5) is 18.6. The molecule has 0 unspecified atom stereocenters. The van der Waals surface area contributed by atoms with Gasteiger partial charge in [-0.15, -0.1) is 0 Å². The third-order valence-electron chi connectivity index (χ3n) is 2.91. The summed E-state index contributed by atoms with van der Waals surface area (Å²) in [6.07, 6.45) is 6.18. The molecule has 0 amide bonds. The number of aliphatic hydroxyl groups excluding tert-OH is 1. The lowest BCUT2D eigenvalue weighted by Crippen LogP contribution is -2.06. The molecule has 116 valence electrons. The molecule has 0 radical (unpaired) electrons. The SMILES string of the molecule is CC=CC=CC(=O)OC/C(O)=C(\C#N)c1nc2ccccc2[nH]1. The number of nitrogens with zero attached hydrogens (tertiary/aromatic N) is 2. The number of carbonyl (C=O) groups is 1. The van der Waals surface area contributed by atoms with Gasteiger partial charge in [0.05, 0.1) is 11.0 Å². The maximum absolute atomic E-state index is 11.4. The van der Waals surface area contributed by atoms with Crippen molar-refractivity contribution in [2.45, 2.75) is 6.92 Å². The Bertz CT molecular complexity index is 805. The molecular formula is C17H15N3O3. The lowest BCUT2D eigenvalue weighted by Gasteiger charge is -2.03. The van der Waals surface area contributed by atoms with Gasteiger partial charge in [0.2, 0.25) is 0 Å². The molecule has 2 rings (SSSR count). The molecule has 0 fully saturated rings. The first-order valence-corrected chi connectivity index (χ1v) is 6.89. The number of para-hydroxylation sites is 2. The van der Waals surface area contributed by atoms with Crippen molar-refractivity contribution in [3.63, 3.8) is 0 Å². The van der Waals surface area contributed by atoms with Gasteiger partial charge in [0, 0.05) is 6.08 Å². The van der Waals surface area contributed by atoms with E-state index < -0.39 is 12.6 Å². The van der Waals surface area contributed by atoms with Crippen molar-refractivity contribution in [2.75, 3.05) is 6.61 Å². The lowest BCUT2D eigenvalue weighted by molar-refractivity contribution is -0.137. The van der Waals surface area contributed by atoms with E-state index in [0.29, 0.717) is 5.52 Å². The summed E-state index contributed by atoms with van der Waals surface area (Å²) in [5.41, 5.74) is 1.36. The molecule has 0 saturated carbocycles. The van der Waals surface area contributed by atoms with E-state index >= 15 is 0 Å².